The zero-order valence-electron chi connectivity index (χ0n) is 8.54. The first-order valence-corrected chi connectivity index (χ1v) is 5.81. The van der Waals surface area contributed by atoms with E-state index >= 15 is 0 Å². The van der Waals surface area contributed by atoms with Gasteiger partial charge in [0.15, 0.2) is 0 Å². The number of nitrogens with one attached hydrogen (secondary N) is 1. The molecule has 3 unspecified atom stereocenters. The first-order chi connectivity index (χ1) is 6.83. The fraction of sp³-hybridized carbons (Fsp3) is 0.909. The molecular weight excluding hydrogens is 176 g/mol. The van der Waals surface area contributed by atoms with Gasteiger partial charge in [0, 0.05) is 6.54 Å². The van der Waals surface area contributed by atoms with Gasteiger partial charge in [-0.05, 0) is 37.0 Å². The number of hydrogen-bond acceptors (Lipinski definition) is 2. The Morgan fingerprint density at radius 2 is 2.29 bits per heavy atom. The monoisotopic (exact) mass is 194 g/mol. The topological polar surface area (TPSA) is 32.3 Å². The van der Waals surface area contributed by atoms with Crippen LogP contribution in [0.25, 0.3) is 0 Å². The van der Waals surface area contributed by atoms with E-state index in [1.165, 1.54) is 25.7 Å². The standard InChI is InChI=1S/C11H18N2O/c14-11-5-12-7-13(11)6-10-4-8-1-2-9(10)3-8/h8-10,12H,1-7H2. The second-order valence-electron chi connectivity index (χ2n) is 5.14. The lowest BCUT2D eigenvalue weighted by Crippen LogP contribution is -2.33. The lowest BCUT2D eigenvalue weighted by atomic mass is 9.88. The van der Waals surface area contributed by atoms with E-state index in [4.69, 9.17) is 0 Å². The number of hydrogen-bond donors (Lipinski definition) is 1. The van der Waals surface area contributed by atoms with Gasteiger partial charge in [0.05, 0.1) is 13.2 Å². The largest absolute Gasteiger partial charge is 0.329 e. The summed E-state index contributed by atoms with van der Waals surface area (Å²) in [6, 6.07) is 0. The van der Waals surface area contributed by atoms with Crippen molar-refractivity contribution in [2.75, 3.05) is 19.8 Å². The normalized spacial score (nSPS) is 41.3. The first kappa shape index (κ1) is 8.72. The lowest BCUT2D eigenvalue weighted by molar-refractivity contribution is -0.127. The Morgan fingerprint density at radius 3 is 2.86 bits per heavy atom. The van der Waals surface area contributed by atoms with E-state index in [9.17, 15) is 4.79 Å². The molecule has 1 aliphatic heterocycles. The number of fused-ring (bicyclic) bond motifs is 2. The maximum absolute atomic E-state index is 11.4. The summed E-state index contributed by atoms with van der Waals surface area (Å²) in [5.41, 5.74) is 0. The van der Waals surface area contributed by atoms with E-state index in [1.807, 2.05) is 4.90 Å². The molecule has 3 heteroatoms. The minimum atomic E-state index is 0.299. The van der Waals surface area contributed by atoms with Crippen molar-refractivity contribution in [1.29, 1.82) is 0 Å². The highest BCUT2D eigenvalue weighted by atomic mass is 16.2. The molecule has 2 saturated carbocycles. The van der Waals surface area contributed by atoms with Crippen molar-refractivity contribution >= 4 is 5.91 Å². The van der Waals surface area contributed by atoms with Gasteiger partial charge < -0.3 is 4.90 Å². The number of rotatable bonds is 2. The van der Waals surface area contributed by atoms with Gasteiger partial charge in [0.25, 0.3) is 0 Å². The molecule has 78 valence electrons. The van der Waals surface area contributed by atoms with Crippen LogP contribution in [-0.2, 0) is 4.79 Å². The van der Waals surface area contributed by atoms with Crippen LogP contribution in [-0.4, -0.2) is 30.6 Å². The molecule has 0 aromatic heterocycles. The van der Waals surface area contributed by atoms with Crippen LogP contribution in [0, 0.1) is 17.8 Å². The fourth-order valence-corrected chi connectivity index (χ4v) is 3.55. The summed E-state index contributed by atoms with van der Waals surface area (Å²) in [5.74, 6) is 3.05. The summed E-state index contributed by atoms with van der Waals surface area (Å²) in [4.78, 5) is 13.4. The van der Waals surface area contributed by atoms with Crippen LogP contribution in [0.4, 0.5) is 0 Å². The molecule has 0 spiro atoms. The number of carbonyl (C=O) groups excluding carboxylic acids is 1. The average molecular weight is 194 g/mol. The van der Waals surface area contributed by atoms with Crippen LogP contribution in [0.1, 0.15) is 25.7 Å². The highest BCUT2D eigenvalue weighted by molar-refractivity contribution is 5.79. The summed E-state index contributed by atoms with van der Waals surface area (Å²) in [6.45, 7) is 2.36. The molecule has 1 heterocycles. The molecule has 3 nitrogen and oxygen atoms in total. The summed E-state index contributed by atoms with van der Waals surface area (Å²) in [7, 11) is 0. The van der Waals surface area contributed by atoms with E-state index in [0.29, 0.717) is 12.5 Å². The van der Waals surface area contributed by atoms with Crippen molar-refractivity contribution in [1.82, 2.24) is 10.2 Å². The lowest BCUT2D eigenvalue weighted by Gasteiger charge is -2.26. The van der Waals surface area contributed by atoms with Gasteiger partial charge in [-0.15, -0.1) is 0 Å². The number of amides is 1. The third kappa shape index (κ3) is 1.34. The molecule has 3 atom stereocenters. The van der Waals surface area contributed by atoms with Crippen LogP contribution in [0.2, 0.25) is 0 Å². The smallest absolute Gasteiger partial charge is 0.237 e. The molecule has 2 aliphatic carbocycles. The van der Waals surface area contributed by atoms with Crippen LogP contribution < -0.4 is 5.32 Å². The van der Waals surface area contributed by atoms with Gasteiger partial charge in [-0.3, -0.25) is 10.1 Å². The predicted octanol–water partition coefficient (Wildman–Crippen LogP) is 0.812. The quantitative estimate of drug-likeness (QED) is 0.705. The van der Waals surface area contributed by atoms with Gasteiger partial charge in [0.2, 0.25) is 5.91 Å². The van der Waals surface area contributed by atoms with Crippen LogP contribution in [0.5, 0.6) is 0 Å². The van der Waals surface area contributed by atoms with Gasteiger partial charge in [0.1, 0.15) is 0 Å². The van der Waals surface area contributed by atoms with E-state index in [2.05, 4.69) is 5.32 Å². The van der Waals surface area contributed by atoms with Crippen LogP contribution >= 0.6 is 0 Å². The Bertz CT molecular complexity index is 254. The van der Waals surface area contributed by atoms with Crippen molar-refractivity contribution in [3.8, 4) is 0 Å². The Morgan fingerprint density at radius 1 is 1.36 bits per heavy atom. The van der Waals surface area contributed by atoms with Gasteiger partial charge in [-0.25, -0.2) is 0 Å². The van der Waals surface area contributed by atoms with Crippen molar-refractivity contribution in [3.63, 3.8) is 0 Å². The maximum Gasteiger partial charge on any atom is 0.237 e. The summed E-state index contributed by atoms with van der Waals surface area (Å²) < 4.78 is 0. The summed E-state index contributed by atoms with van der Waals surface area (Å²) in [6.07, 6.45) is 5.70. The van der Waals surface area contributed by atoms with Gasteiger partial charge in [-0.1, -0.05) is 6.42 Å². The molecule has 2 bridgehead atoms. The SMILES string of the molecule is O=C1CNCN1CC1CC2CCC1C2. The van der Waals surface area contributed by atoms with Crippen molar-refractivity contribution in [2.45, 2.75) is 25.7 Å². The highest BCUT2D eigenvalue weighted by Crippen LogP contribution is 2.48. The summed E-state index contributed by atoms with van der Waals surface area (Å²) >= 11 is 0. The Kier molecular flexibility index (Phi) is 2.01. The molecule has 3 aliphatic rings. The highest BCUT2D eigenvalue weighted by Gasteiger charge is 2.40. The first-order valence-electron chi connectivity index (χ1n) is 5.81. The van der Waals surface area contributed by atoms with Gasteiger partial charge in [-0.2, -0.15) is 0 Å². The Labute approximate surface area is 84.8 Å². The zero-order valence-corrected chi connectivity index (χ0v) is 8.54. The minimum Gasteiger partial charge on any atom is -0.329 e. The molecule has 1 N–H and O–H groups in total. The molecule has 3 fully saturated rings. The van der Waals surface area contributed by atoms with E-state index in [-0.39, 0.29) is 0 Å². The molecule has 1 amide bonds. The van der Waals surface area contributed by atoms with E-state index in [0.717, 1.165) is 31.0 Å². The van der Waals surface area contributed by atoms with Crippen LogP contribution in [0.15, 0.2) is 0 Å². The third-order valence-electron chi connectivity index (χ3n) is 4.27. The maximum atomic E-state index is 11.4. The van der Waals surface area contributed by atoms with E-state index in [1.54, 1.807) is 0 Å². The zero-order chi connectivity index (χ0) is 9.54. The molecular formula is C11H18N2O. The van der Waals surface area contributed by atoms with Crippen molar-refractivity contribution in [2.24, 2.45) is 17.8 Å². The van der Waals surface area contributed by atoms with E-state index < -0.39 is 0 Å². The molecule has 3 rings (SSSR count). The number of carbonyl (C=O) groups is 1. The predicted molar refractivity (Wildman–Crippen MR) is 53.5 cm³/mol. The fourth-order valence-electron chi connectivity index (χ4n) is 3.55. The Balaban J connectivity index is 1.60. The second-order valence-corrected chi connectivity index (χ2v) is 5.14. The molecule has 0 aromatic rings. The molecule has 1 saturated heterocycles. The third-order valence-corrected chi connectivity index (χ3v) is 4.27. The number of nitrogens with zero attached hydrogens (tertiary/aromatic N) is 1. The van der Waals surface area contributed by atoms with Crippen molar-refractivity contribution in [3.05, 3.63) is 0 Å². The minimum absolute atomic E-state index is 0.299. The molecule has 0 aromatic carbocycles. The Hall–Kier alpha value is -0.570. The van der Waals surface area contributed by atoms with Gasteiger partial charge >= 0.3 is 0 Å². The van der Waals surface area contributed by atoms with Crippen LogP contribution in [0.3, 0.4) is 0 Å². The second kappa shape index (κ2) is 3.23. The summed E-state index contributed by atoms with van der Waals surface area (Å²) in [5, 5.41) is 3.12. The average Bonchev–Trinajstić information content (AvgIpc) is 2.83. The van der Waals surface area contributed by atoms with Crippen molar-refractivity contribution < 1.29 is 4.79 Å². The molecule has 0 radical (unpaired) electrons. The molecule has 14 heavy (non-hydrogen) atoms.